The lowest BCUT2D eigenvalue weighted by Gasteiger charge is -2.08. The van der Waals surface area contributed by atoms with Gasteiger partial charge in [-0.2, -0.15) is 4.99 Å². The van der Waals surface area contributed by atoms with E-state index < -0.39 is 0 Å². The van der Waals surface area contributed by atoms with Crippen molar-refractivity contribution in [1.82, 2.24) is 4.57 Å². The fourth-order valence-corrected chi connectivity index (χ4v) is 4.10. The first kappa shape index (κ1) is 22.2. The van der Waals surface area contributed by atoms with Gasteiger partial charge in [-0.25, -0.2) is 0 Å². The Morgan fingerprint density at radius 2 is 1.65 bits per heavy atom. The second-order valence-electron chi connectivity index (χ2n) is 6.36. The van der Waals surface area contributed by atoms with Gasteiger partial charge in [0.1, 0.15) is 0 Å². The van der Waals surface area contributed by atoms with Gasteiger partial charge < -0.3 is 23.5 Å². The highest BCUT2D eigenvalue weighted by atomic mass is 32.1. The number of carbonyl (C=O) groups is 1. The van der Waals surface area contributed by atoms with E-state index in [0.717, 1.165) is 15.8 Å². The molecule has 0 aliphatic carbocycles. The third kappa shape index (κ3) is 4.80. The predicted molar refractivity (Wildman–Crippen MR) is 122 cm³/mol. The number of hydrogen-bond acceptors (Lipinski definition) is 6. The molecule has 0 atom stereocenters. The Balaban J connectivity index is 1.99. The van der Waals surface area contributed by atoms with E-state index in [-0.39, 0.29) is 5.91 Å². The Labute approximate surface area is 184 Å². The van der Waals surface area contributed by atoms with Crippen molar-refractivity contribution in [2.45, 2.75) is 6.54 Å². The Bertz CT molecular complexity index is 1210. The van der Waals surface area contributed by atoms with Crippen molar-refractivity contribution in [2.24, 2.45) is 4.99 Å². The molecular weight excluding hydrogens is 416 g/mol. The number of ether oxygens (including phenoxy) is 4. The summed E-state index contributed by atoms with van der Waals surface area (Å²) < 4.78 is 24.2. The standard InChI is InChI=1S/C23H24N2O5S/c1-6-11-25-16-13-19(29-4)20(30-5)14-21(16)31-23(25)24-22(26)10-8-15-7-9-17(27-2)18(12-15)28-3/h6-10,12-14H,1,11H2,2-5H3. The predicted octanol–water partition coefficient (Wildman–Crippen LogP) is 4.06. The number of aromatic nitrogens is 1. The molecule has 0 bridgehead atoms. The van der Waals surface area contributed by atoms with Crippen LogP contribution in [-0.4, -0.2) is 38.9 Å². The van der Waals surface area contributed by atoms with E-state index in [0.29, 0.717) is 34.3 Å². The van der Waals surface area contributed by atoms with Crippen molar-refractivity contribution in [2.75, 3.05) is 28.4 Å². The fraction of sp³-hybridized carbons (Fsp3) is 0.217. The number of nitrogens with zero attached hydrogens (tertiary/aromatic N) is 2. The SMILES string of the molecule is C=CCn1c(=NC(=O)C=Cc2ccc(OC)c(OC)c2)sc2cc(OC)c(OC)cc21. The summed E-state index contributed by atoms with van der Waals surface area (Å²) in [5.74, 6) is 2.06. The summed E-state index contributed by atoms with van der Waals surface area (Å²) in [7, 11) is 6.31. The summed E-state index contributed by atoms with van der Waals surface area (Å²) in [5, 5.41) is 0. The second kappa shape index (κ2) is 9.99. The average molecular weight is 441 g/mol. The number of fused-ring (bicyclic) bond motifs is 1. The largest absolute Gasteiger partial charge is 0.493 e. The maximum absolute atomic E-state index is 12.6. The summed E-state index contributed by atoms with van der Waals surface area (Å²) in [6, 6.07) is 9.16. The highest BCUT2D eigenvalue weighted by molar-refractivity contribution is 7.16. The van der Waals surface area contributed by atoms with E-state index >= 15 is 0 Å². The van der Waals surface area contributed by atoms with E-state index in [4.69, 9.17) is 18.9 Å². The van der Waals surface area contributed by atoms with Crippen molar-refractivity contribution in [3.05, 3.63) is 59.4 Å². The van der Waals surface area contributed by atoms with Crippen LogP contribution in [0.1, 0.15) is 5.56 Å². The van der Waals surface area contributed by atoms with Gasteiger partial charge in [-0.05, 0) is 23.8 Å². The molecule has 0 unspecified atom stereocenters. The van der Waals surface area contributed by atoms with Crippen LogP contribution in [0.25, 0.3) is 16.3 Å². The minimum atomic E-state index is -0.377. The van der Waals surface area contributed by atoms with Crippen LogP contribution in [0.3, 0.4) is 0 Å². The Morgan fingerprint density at radius 3 is 2.29 bits per heavy atom. The smallest absolute Gasteiger partial charge is 0.272 e. The van der Waals surface area contributed by atoms with Crippen molar-refractivity contribution in [1.29, 1.82) is 0 Å². The van der Waals surface area contributed by atoms with Gasteiger partial charge in [0.15, 0.2) is 27.8 Å². The third-order valence-electron chi connectivity index (χ3n) is 4.53. The summed E-state index contributed by atoms with van der Waals surface area (Å²) >= 11 is 1.40. The van der Waals surface area contributed by atoms with E-state index in [1.54, 1.807) is 52.7 Å². The van der Waals surface area contributed by atoms with Crippen LogP contribution < -0.4 is 23.7 Å². The van der Waals surface area contributed by atoms with E-state index in [1.807, 2.05) is 22.8 Å². The summed E-state index contributed by atoms with van der Waals surface area (Å²) in [6.07, 6.45) is 4.86. The topological polar surface area (TPSA) is 71.3 Å². The molecule has 0 N–H and O–H groups in total. The lowest BCUT2D eigenvalue weighted by molar-refractivity contribution is -0.113. The van der Waals surface area contributed by atoms with Crippen LogP contribution in [0.4, 0.5) is 0 Å². The van der Waals surface area contributed by atoms with Crippen LogP contribution in [0.2, 0.25) is 0 Å². The van der Waals surface area contributed by atoms with Crippen LogP contribution >= 0.6 is 11.3 Å². The lowest BCUT2D eigenvalue weighted by Crippen LogP contribution is -2.15. The van der Waals surface area contributed by atoms with E-state index in [9.17, 15) is 4.79 Å². The number of benzene rings is 2. The Morgan fingerprint density at radius 1 is 1.00 bits per heavy atom. The number of methoxy groups -OCH3 is 4. The van der Waals surface area contributed by atoms with Crippen LogP contribution in [0.5, 0.6) is 23.0 Å². The molecule has 3 aromatic rings. The van der Waals surface area contributed by atoms with Gasteiger partial charge >= 0.3 is 0 Å². The highest BCUT2D eigenvalue weighted by Gasteiger charge is 2.12. The molecule has 1 aromatic heterocycles. The quantitative estimate of drug-likeness (QED) is 0.390. The number of rotatable bonds is 8. The fourth-order valence-electron chi connectivity index (χ4n) is 3.04. The summed E-state index contributed by atoms with van der Waals surface area (Å²) in [4.78, 5) is 17.4. The molecule has 1 amide bonds. The second-order valence-corrected chi connectivity index (χ2v) is 7.37. The summed E-state index contributed by atoms with van der Waals surface area (Å²) in [6.45, 7) is 4.31. The minimum Gasteiger partial charge on any atom is -0.493 e. The van der Waals surface area contributed by atoms with Crippen LogP contribution in [0, 0.1) is 0 Å². The molecule has 0 spiro atoms. The highest BCUT2D eigenvalue weighted by Crippen LogP contribution is 2.33. The molecule has 7 nitrogen and oxygen atoms in total. The van der Waals surface area contributed by atoms with Crippen LogP contribution in [0.15, 0.2) is 54.1 Å². The minimum absolute atomic E-state index is 0.377. The monoisotopic (exact) mass is 440 g/mol. The van der Waals surface area contributed by atoms with Crippen molar-refractivity contribution >= 4 is 33.5 Å². The maximum Gasteiger partial charge on any atom is 0.272 e. The zero-order valence-corrected chi connectivity index (χ0v) is 18.7. The van der Waals surface area contributed by atoms with Gasteiger partial charge in [0.05, 0.1) is 38.7 Å². The number of carbonyl (C=O) groups excluding carboxylic acids is 1. The molecule has 0 saturated heterocycles. The number of allylic oxidation sites excluding steroid dienone is 1. The average Bonchev–Trinajstić information content (AvgIpc) is 3.12. The number of amides is 1. The van der Waals surface area contributed by atoms with Crippen molar-refractivity contribution < 1.29 is 23.7 Å². The molecule has 0 aliphatic rings. The molecular formula is C23H24N2O5S. The van der Waals surface area contributed by atoms with Gasteiger partial charge in [-0.15, -0.1) is 6.58 Å². The maximum atomic E-state index is 12.6. The molecule has 8 heteroatoms. The molecule has 162 valence electrons. The Hall–Kier alpha value is -3.52. The third-order valence-corrected chi connectivity index (χ3v) is 5.57. The molecule has 0 radical (unpaired) electrons. The van der Waals surface area contributed by atoms with Gasteiger partial charge in [0.25, 0.3) is 5.91 Å². The first-order valence-corrected chi connectivity index (χ1v) is 10.2. The molecule has 2 aromatic carbocycles. The van der Waals surface area contributed by atoms with E-state index in [1.165, 1.54) is 17.4 Å². The molecule has 1 heterocycles. The summed E-state index contributed by atoms with van der Waals surface area (Å²) in [5.41, 5.74) is 1.68. The number of thiazole rings is 1. The van der Waals surface area contributed by atoms with Gasteiger partial charge in [0.2, 0.25) is 0 Å². The van der Waals surface area contributed by atoms with Gasteiger partial charge in [-0.3, -0.25) is 4.79 Å². The first-order chi connectivity index (χ1) is 15.0. The normalized spacial score (nSPS) is 11.7. The Kier molecular flexibility index (Phi) is 7.15. The van der Waals surface area contributed by atoms with Gasteiger partial charge in [0, 0.05) is 24.8 Å². The lowest BCUT2D eigenvalue weighted by atomic mass is 10.2. The van der Waals surface area contributed by atoms with Gasteiger partial charge in [-0.1, -0.05) is 23.5 Å². The first-order valence-electron chi connectivity index (χ1n) is 9.39. The van der Waals surface area contributed by atoms with E-state index in [2.05, 4.69) is 11.6 Å². The molecule has 3 rings (SSSR count). The number of hydrogen-bond donors (Lipinski definition) is 0. The van der Waals surface area contributed by atoms with Crippen molar-refractivity contribution in [3.8, 4) is 23.0 Å². The molecule has 0 aliphatic heterocycles. The zero-order chi connectivity index (χ0) is 22.4. The van der Waals surface area contributed by atoms with Crippen molar-refractivity contribution in [3.63, 3.8) is 0 Å². The molecule has 0 saturated carbocycles. The van der Waals surface area contributed by atoms with Crippen LogP contribution in [-0.2, 0) is 11.3 Å². The molecule has 31 heavy (non-hydrogen) atoms. The molecule has 0 fully saturated rings. The zero-order valence-electron chi connectivity index (χ0n) is 17.9.